The van der Waals surface area contributed by atoms with Crippen LogP contribution in [0.3, 0.4) is 0 Å². The third-order valence-corrected chi connectivity index (χ3v) is 2.70. The molecule has 0 saturated heterocycles. The number of nitrogens with one attached hydrogen (secondary N) is 2. The Morgan fingerprint density at radius 2 is 1.79 bits per heavy atom. The van der Waals surface area contributed by atoms with Gasteiger partial charge in [-0.3, -0.25) is 0 Å². The van der Waals surface area contributed by atoms with Crippen molar-refractivity contribution in [2.24, 2.45) is 11.7 Å². The van der Waals surface area contributed by atoms with E-state index in [2.05, 4.69) is 9.44 Å². The first kappa shape index (κ1) is 13.8. The van der Waals surface area contributed by atoms with E-state index in [1.807, 2.05) is 20.8 Å². The molecular weight excluding hydrogens is 202 g/mol. The first-order valence-corrected chi connectivity index (χ1v) is 6.31. The fourth-order valence-electron chi connectivity index (χ4n) is 0.748. The van der Waals surface area contributed by atoms with Crippen LogP contribution >= 0.6 is 0 Å². The van der Waals surface area contributed by atoms with Crippen molar-refractivity contribution < 1.29 is 8.42 Å². The maximum Gasteiger partial charge on any atom is 0.276 e. The van der Waals surface area contributed by atoms with E-state index < -0.39 is 10.2 Å². The second-order valence-electron chi connectivity index (χ2n) is 3.91. The average Bonchev–Trinajstić information content (AvgIpc) is 2.00. The Balaban J connectivity index is 3.73. The lowest BCUT2D eigenvalue weighted by molar-refractivity contribution is 0.541. The average molecular weight is 223 g/mol. The van der Waals surface area contributed by atoms with Crippen LogP contribution in [0.4, 0.5) is 0 Å². The zero-order chi connectivity index (χ0) is 11.2. The fraction of sp³-hybridized carbons (Fsp3) is 1.00. The standard InChI is InChI=1S/C8H21N3O2S/c1-7(2)6-11-14(12,13)10-5-4-8(3)9/h7-8,10-11H,4-6,9H2,1-3H3. The summed E-state index contributed by atoms with van der Waals surface area (Å²) in [7, 11) is -3.33. The normalized spacial score (nSPS) is 14.6. The Morgan fingerprint density at radius 3 is 2.21 bits per heavy atom. The van der Waals surface area contributed by atoms with Gasteiger partial charge in [0.15, 0.2) is 0 Å². The summed E-state index contributed by atoms with van der Waals surface area (Å²) >= 11 is 0. The molecule has 0 aliphatic carbocycles. The summed E-state index contributed by atoms with van der Waals surface area (Å²) in [5, 5.41) is 0. The Kier molecular flexibility index (Phi) is 6.26. The topological polar surface area (TPSA) is 84.2 Å². The molecule has 0 radical (unpaired) electrons. The molecule has 0 aromatic heterocycles. The molecule has 14 heavy (non-hydrogen) atoms. The predicted molar refractivity (Wildman–Crippen MR) is 58.0 cm³/mol. The number of rotatable bonds is 7. The van der Waals surface area contributed by atoms with E-state index in [1.165, 1.54) is 0 Å². The molecule has 0 amide bonds. The van der Waals surface area contributed by atoms with Gasteiger partial charge in [-0.05, 0) is 19.3 Å². The van der Waals surface area contributed by atoms with Gasteiger partial charge in [-0.15, -0.1) is 0 Å². The number of nitrogens with two attached hydrogens (primary N) is 1. The lowest BCUT2D eigenvalue weighted by Gasteiger charge is -2.10. The molecule has 0 aliphatic rings. The lowest BCUT2D eigenvalue weighted by atomic mass is 10.2. The van der Waals surface area contributed by atoms with Crippen molar-refractivity contribution in [2.45, 2.75) is 33.2 Å². The summed E-state index contributed by atoms with van der Waals surface area (Å²) in [5.41, 5.74) is 5.49. The molecule has 0 spiro atoms. The van der Waals surface area contributed by atoms with Crippen LogP contribution in [0.5, 0.6) is 0 Å². The van der Waals surface area contributed by atoms with Gasteiger partial charge in [0, 0.05) is 19.1 Å². The summed E-state index contributed by atoms with van der Waals surface area (Å²) in [6, 6.07) is 0.0165. The quantitative estimate of drug-likeness (QED) is 0.559. The van der Waals surface area contributed by atoms with E-state index in [-0.39, 0.29) is 6.04 Å². The van der Waals surface area contributed by atoms with Gasteiger partial charge in [-0.25, -0.2) is 9.44 Å². The minimum atomic E-state index is -3.33. The van der Waals surface area contributed by atoms with Crippen LogP contribution < -0.4 is 15.2 Å². The number of hydrogen-bond donors (Lipinski definition) is 3. The lowest BCUT2D eigenvalue weighted by Crippen LogP contribution is -2.39. The van der Waals surface area contributed by atoms with Crippen LogP contribution in [0, 0.1) is 5.92 Å². The molecule has 1 unspecified atom stereocenters. The molecule has 0 heterocycles. The Hall–Kier alpha value is -0.170. The molecule has 5 nitrogen and oxygen atoms in total. The molecule has 0 aromatic carbocycles. The highest BCUT2D eigenvalue weighted by Gasteiger charge is 2.08. The fourth-order valence-corrected chi connectivity index (χ4v) is 1.79. The molecule has 0 aromatic rings. The van der Waals surface area contributed by atoms with E-state index in [9.17, 15) is 8.42 Å². The van der Waals surface area contributed by atoms with Crippen molar-refractivity contribution in [3.05, 3.63) is 0 Å². The Labute approximate surface area is 86.6 Å². The third kappa shape index (κ3) is 8.43. The van der Waals surface area contributed by atoms with Crippen LogP contribution in [0.15, 0.2) is 0 Å². The summed E-state index contributed by atoms with van der Waals surface area (Å²) < 4.78 is 27.4. The maximum absolute atomic E-state index is 11.3. The van der Waals surface area contributed by atoms with Crippen LogP contribution in [0.2, 0.25) is 0 Å². The Bertz CT molecular complexity index is 237. The van der Waals surface area contributed by atoms with Crippen molar-refractivity contribution in [1.29, 1.82) is 0 Å². The van der Waals surface area contributed by atoms with Crippen LogP contribution in [-0.2, 0) is 10.2 Å². The highest BCUT2D eigenvalue weighted by molar-refractivity contribution is 7.87. The second kappa shape index (κ2) is 6.34. The first-order chi connectivity index (χ1) is 6.33. The van der Waals surface area contributed by atoms with E-state index in [4.69, 9.17) is 5.73 Å². The highest BCUT2D eigenvalue weighted by Crippen LogP contribution is 1.90. The molecule has 4 N–H and O–H groups in total. The predicted octanol–water partition coefficient (Wildman–Crippen LogP) is -0.196. The van der Waals surface area contributed by atoms with Gasteiger partial charge in [-0.2, -0.15) is 8.42 Å². The van der Waals surface area contributed by atoms with Gasteiger partial charge in [-0.1, -0.05) is 13.8 Å². The van der Waals surface area contributed by atoms with E-state index >= 15 is 0 Å². The molecule has 0 aliphatic heterocycles. The largest absolute Gasteiger partial charge is 0.328 e. The van der Waals surface area contributed by atoms with E-state index in [1.54, 1.807) is 0 Å². The van der Waals surface area contributed by atoms with Gasteiger partial charge in [0.2, 0.25) is 0 Å². The molecule has 6 heteroatoms. The summed E-state index contributed by atoms with van der Waals surface area (Å²) in [6.45, 7) is 6.57. The SMILES string of the molecule is CC(C)CNS(=O)(=O)NCCC(C)N. The maximum atomic E-state index is 11.3. The molecule has 0 bridgehead atoms. The highest BCUT2D eigenvalue weighted by atomic mass is 32.2. The third-order valence-electron chi connectivity index (χ3n) is 1.57. The van der Waals surface area contributed by atoms with Crippen molar-refractivity contribution in [1.82, 2.24) is 9.44 Å². The molecule has 1 atom stereocenters. The molecule has 0 fully saturated rings. The van der Waals surface area contributed by atoms with Crippen LogP contribution in [0.1, 0.15) is 27.2 Å². The zero-order valence-electron chi connectivity index (χ0n) is 9.08. The van der Waals surface area contributed by atoms with Crippen molar-refractivity contribution in [3.8, 4) is 0 Å². The monoisotopic (exact) mass is 223 g/mol. The smallest absolute Gasteiger partial charge is 0.276 e. The molecule has 0 rings (SSSR count). The minimum absolute atomic E-state index is 0.0165. The second-order valence-corrected chi connectivity index (χ2v) is 5.49. The van der Waals surface area contributed by atoms with Gasteiger partial charge < -0.3 is 5.73 Å². The number of hydrogen-bond acceptors (Lipinski definition) is 3. The van der Waals surface area contributed by atoms with Gasteiger partial charge in [0.1, 0.15) is 0 Å². The summed E-state index contributed by atoms with van der Waals surface area (Å²) in [5.74, 6) is 0.306. The van der Waals surface area contributed by atoms with Gasteiger partial charge in [0.25, 0.3) is 10.2 Å². The van der Waals surface area contributed by atoms with Crippen LogP contribution in [-0.4, -0.2) is 27.5 Å². The van der Waals surface area contributed by atoms with E-state index in [0.717, 1.165) is 0 Å². The van der Waals surface area contributed by atoms with Crippen molar-refractivity contribution in [3.63, 3.8) is 0 Å². The van der Waals surface area contributed by atoms with Crippen LogP contribution in [0.25, 0.3) is 0 Å². The van der Waals surface area contributed by atoms with E-state index in [0.29, 0.717) is 25.4 Å². The van der Waals surface area contributed by atoms with Gasteiger partial charge in [0.05, 0.1) is 0 Å². The minimum Gasteiger partial charge on any atom is -0.328 e. The molecule has 86 valence electrons. The van der Waals surface area contributed by atoms with Crippen molar-refractivity contribution >= 4 is 10.2 Å². The van der Waals surface area contributed by atoms with Gasteiger partial charge >= 0.3 is 0 Å². The molecule has 0 saturated carbocycles. The summed E-state index contributed by atoms with van der Waals surface area (Å²) in [4.78, 5) is 0. The van der Waals surface area contributed by atoms with Crippen molar-refractivity contribution in [2.75, 3.05) is 13.1 Å². The zero-order valence-corrected chi connectivity index (χ0v) is 9.89. The Morgan fingerprint density at radius 1 is 1.21 bits per heavy atom. The summed E-state index contributed by atoms with van der Waals surface area (Å²) in [6.07, 6.45) is 0.641. The first-order valence-electron chi connectivity index (χ1n) is 4.83. The molecular formula is C8H21N3O2S.